The summed E-state index contributed by atoms with van der Waals surface area (Å²) in [5.41, 5.74) is 9.73. The summed E-state index contributed by atoms with van der Waals surface area (Å²) in [5, 5.41) is 0. The van der Waals surface area contributed by atoms with Gasteiger partial charge >= 0.3 is 0 Å². The number of nitrogens with two attached hydrogens (primary N) is 1. The first-order chi connectivity index (χ1) is 9.04. The molecule has 3 nitrogen and oxygen atoms in total. The van der Waals surface area contributed by atoms with E-state index < -0.39 is 0 Å². The zero-order chi connectivity index (χ0) is 13.6. The van der Waals surface area contributed by atoms with Crippen LogP contribution in [0, 0.1) is 12.7 Å². The fourth-order valence-electron chi connectivity index (χ4n) is 2.08. The molecule has 0 aliphatic heterocycles. The lowest BCUT2D eigenvalue weighted by atomic mass is 10.1. The molecule has 3 aromatic rings. The highest BCUT2D eigenvalue weighted by molar-refractivity contribution is 9.10. The van der Waals surface area contributed by atoms with Gasteiger partial charge < -0.3 is 10.7 Å². The van der Waals surface area contributed by atoms with Gasteiger partial charge in [0.1, 0.15) is 17.2 Å². The summed E-state index contributed by atoms with van der Waals surface area (Å²) in [6.07, 6.45) is 0. The Labute approximate surface area is 117 Å². The molecule has 0 fully saturated rings. The number of nitrogen functional groups attached to an aromatic ring is 1. The molecule has 0 atom stereocenters. The van der Waals surface area contributed by atoms with Crippen LogP contribution in [-0.4, -0.2) is 9.97 Å². The zero-order valence-electron chi connectivity index (χ0n) is 10.2. The Hall–Kier alpha value is -1.88. The number of aryl methyl sites for hydroxylation is 1. The number of benzene rings is 2. The van der Waals surface area contributed by atoms with Crippen LogP contribution < -0.4 is 5.73 Å². The molecule has 0 aliphatic rings. The van der Waals surface area contributed by atoms with Gasteiger partial charge in [0.05, 0.1) is 11.2 Å². The van der Waals surface area contributed by atoms with Gasteiger partial charge in [0, 0.05) is 10.0 Å². The van der Waals surface area contributed by atoms with Crippen LogP contribution >= 0.6 is 15.9 Å². The van der Waals surface area contributed by atoms with Crippen molar-refractivity contribution in [2.45, 2.75) is 6.92 Å². The molecule has 0 unspecified atom stereocenters. The van der Waals surface area contributed by atoms with Gasteiger partial charge in [-0.15, -0.1) is 0 Å². The number of nitrogens with one attached hydrogen (secondary N) is 1. The Morgan fingerprint density at radius 1 is 1.26 bits per heavy atom. The van der Waals surface area contributed by atoms with Crippen molar-refractivity contribution >= 4 is 32.7 Å². The molecule has 0 spiro atoms. The van der Waals surface area contributed by atoms with Crippen molar-refractivity contribution in [1.29, 1.82) is 0 Å². The van der Waals surface area contributed by atoms with Crippen molar-refractivity contribution < 1.29 is 4.39 Å². The summed E-state index contributed by atoms with van der Waals surface area (Å²) in [6, 6.07) is 8.34. The normalized spacial score (nSPS) is 11.1. The number of anilines is 1. The summed E-state index contributed by atoms with van der Waals surface area (Å²) in [4.78, 5) is 7.63. The molecule has 0 saturated carbocycles. The fourth-order valence-corrected chi connectivity index (χ4v) is 2.56. The number of fused-ring (bicyclic) bond motifs is 1. The lowest BCUT2D eigenvalue weighted by molar-refractivity contribution is 0.628. The predicted octanol–water partition coefficient (Wildman–Crippen LogP) is 4.02. The van der Waals surface area contributed by atoms with E-state index in [4.69, 9.17) is 5.73 Å². The van der Waals surface area contributed by atoms with Gasteiger partial charge in [-0.3, -0.25) is 0 Å². The monoisotopic (exact) mass is 319 g/mol. The standard InChI is InChI=1S/C14H11BrFN3/c1-7-2-3-9(16)6-10(7)14-18-12-5-8(15)4-11(17)13(12)19-14/h2-6H,17H2,1H3,(H,18,19). The maximum absolute atomic E-state index is 13.4. The highest BCUT2D eigenvalue weighted by Crippen LogP contribution is 2.29. The van der Waals surface area contributed by atoms with E-state index in [2.05, 4.69) is 25.9 Å². The lowest BCUT2D eigenvalue weighted by Gasteiger charge is -2.01. The molecule has 1 aromatic heterocycles. The van der Waals surface area contributed by atoms with Crippen LogP contribution in [0.25, 0.3) is 22.4 Å². The Balaban J connectivity index is 2.26. The van der Waals surface area contributed by atoms with E-state index in [9.17, 15) is 4.39 Å². The van der Waals surface area contributed by atoms with Crippen LogP contribution in [0.15, 0.2) is 34.8 Å². The Morgan fingerprint density at radius 2 is 2.05 bits per heavy atom. The highest BCUT2D eigenvalue weighted by Gasteiger charge is 2.11. The van der Waals surface area contributed by atoms with Crippen molar-refractivity contribution in [3.8, 4) is 11.4 Å². The largest absolute Gasteiger partial charge is 0.397 e. The molecule has 0 bridgehead atoms. The Morgan fingerprint density at radius 3 is 2.84 bits per heavy atom. The molecule has 0 radical (unpaired) electrons. The van der Waals surface area contributed by atoms with Crippen LogP contribution in [0.1, 0.15) is 5.56 Å². The molecule has 3 N–H and O–H groups in total. The average Bonchev–Trinajstić information content (AvgIpc) is 2.76. The number of aromatic amines is 1. The molecule has 3 rings (SSSR count). The SMILES string of the molecule is Cc1ccc(F)cc1-c1nc2c(N)cc(Br)cc2[nH]1. The van der Waals surface area contributed by atoms with Gasteiger partial charge in [0.2, 0.25) is 0 Å². The molecule has 2 aromatic carbocycles. The van der Waals surface area contributed by atoms with Gasteiger partial charge in [-0.25, -0.2) is 9.37 Å². The summed E-state index contributed by atoms with van der Waals surface area (Å²) >= 11 is 3.39. The quantitative estimate of drug-likeness (QED) is 0.665. The van der Waals surface area contributed by atoms with Crippen LogP contribution in [-0.2, 0) is 0 Å². The molecule has 0 saturated heterocycles. The second-order valence-electron chi connectivity index (χ2n) is 4.44. The molecule has 5 heteroatoms. The zero-order valence-corrected chi connectivity index (χ0v) is 11.8. The molecule has 96 valence electrons. The number of imidazole rings is 1. The fraction of sp³-hybridized carbons (Fsp3) is 0.0714. The van der Waals surface area contributed by atoms with Gasteiger partial charge in [0.25, 0.3) is 0 Å². The minimum Gasteiger partial charge on any atom is -0.397 e. The van der Waals surface area contributed by atoms with Crippen LogP contribution in [0.5, 0.6) is 0 Å². The summed E-state index contributed by atoms with van der Waals surface area (Å²) in [6.45, 7) is 1.92. The van der Waals surface area contributed by atoms with Gasteiger partial charge in [-0.05, 0) is 36.8 Å². The molecule has 1 heterocycles. The van der Waals surface area contributed by atoms with Crippen LogP contribution in [0.2, 0.25) is 0 Å². The first-order valence-electron chi connectivity index (χ1n) is 5.76. The third-order valence-corrected chi connectivity index (χ3v) is 3.49. The molecular formula is C14H11BrFN3. The second-order valence-corrected chi connectivity index (χ2v) is 5.35. The number of rotatable bonds is 1. The minimum atomic E-state index is -0.282. The third-order valence-electron chi connectivity index (χ3n) is 3.04. The molecule has 0 amide bonds. The number of halogens is 2. The van der Waals surface area contributed by atoms with E-state index >= 15 is 0 Å². The minimum absolute atomic E-state index is 0.282. The van der Waals surface area contributed by atoms with Crippen LogP contribution in [0.4, 0.5) is 10.1 Å². The van der Waals surface area contributed by atoms with Crippen molar-refractivity contribution in [1.82, 2.24) is 9.97 Å². The number of aromatic nitrogens is 2. The number of nitrogens with zero attached hydrogens (tertiary/aromatic N) is 1. The average molecular weight is 320 g/mol. The van der Waals surface area contributed by atoms with E-state index in [0.29, 0.717) is 17.0 Å². The lowest BCUT2D eigenvalue weighted by Crippen LogP contribution is -1.88. The highest BCUT2D eigenvalue weighted by atomic mass is 79.9. The predicted molar refractivity (Wildman–Crippen MR) is 78.3 cm³/mol. The maximum atomic E-state index is 13.4. The van der Waals surface area contributed by atoms with E-state index in [0.717, 1.165) is 21.1 Å². The van der Waals surface area contributed by atoms with Crippen molar-refractivity contribution in [2.75, 3.05) is 5.73 Å². The summed E-state index contributed by atoms with van der Waals surface area (Å²) in [5.74, 6) is 0.340. The summed E-state index contributed by atoms with van der Waals surface area (Å²) < 4.78 is 14.2. The smallest absolute Gasteiger partial charge is 0.138 e. The first-order valence-corrected chi connectivity index (χ1v) is 6.55. The molecule has 0 aliphatic carbocycles. The van der Waals surface area contributed by atoms with E-state index in [1.54, 1.807) is 12.1 Å². The van der Waals surface area contributed by atoms with Crippen LogP contribution in [0.3, 0.4) is 0 Å². The molecular weight excluding hydrogens is 309 g/mol. The van der Waals surface area contributed by atoms with E-state index in [1.807, 2.05) is 13.0 Å². The second kappa shape index (κ2) is 4.35. The number of hydrogen-bond acceptors (Lipinski definition) is 2. The van der Waals surface area contributed by atoms with E-state index in [1.165, 1.54) is 12.1 Å². The van der Waals surface area contributed by atoms with Gasteiger partial charge in [-0.1, -0.05) is 22.0 Å². The van der Waals surface area contributed by atoms with Crippen molar-refractivity contribution in [2.24, 2.45) is 0 Å². The maximum Gasteiger partial charge on any atom is 0.138 e. The number of hydrogen-bond donors (Lipinski definition) is 2. The van der Waals surface area contributed by atoms with Crippen molar-refractivity contribution in [3.05, 3.63) is 46.2 Å². The molecule has 19 heavy (non-hydrogen) atoms. The van der Waals surface area contributed by atoms with E-state index in [-0.39, 0.29) is 5.82 Å². The van der Waals surface area contributed by atoms with Crippen molar-refractivity contribution in [3.63, 3.8) is 0 Å². The summed E-state index contributed by atoms with van der Waals surface area (Å²) in [7, 11) is 0. The Kier molecular flexibility index (Phi) is 2.78. The Bertz CT molecular complexity index is 780. The third kappa shape index (κ3) is 2.10. The van der Waals surface area contributed by atoms with Gasteiger partial charge in [-0.2, -0.15) is 0 Å². The number of H-pyrrole nitrogens is 1. The van der Waals surface area contributed by atoms with Gasteiger partial charge in [0.15, 0.2) is 0 Å². The topological polar surface area (TPSA) is 54.7 Å². The first kappa shape index (κ1) is 12.2.